The van der Waals surface area contributed by atoms with Crippen LogP contribution >= 0.6 is 0 Å². The first-order valence-corrected chi connectivity index (χ1v) is 4.15. The maximum absolute atomic E-state index is 10.9. The van der Waals surface area contributed by atoms with E-state index < -0.39 is 0 Å². The van der Waals surface area contributed by atoms with Crippen LogP contribution in [-0.2, 0) is 9.53 Å². The average Bonchev–Trinajstić information content (AvgIpc) is 2.34. The molecular formula is C8H13NO2. The second-order valence-corrected chi connectivity index (χ2v) is 3.61. The van der Waals surface area contributed by atoms with Gasteiger partial charge in [-0.15, -0.1) is 0 Å². The minimum Gasteiger partial charge on any atom is -0.381 e. The van der Waals surface area contributed by atoms with Crippen LogP contribution in [0.25, 0.3) is 0 Å². The third kappa shape index (κ3) is 1.25. The molecule has 0 aromatic rings. The van der Waals surface area contributed by atoms with Gasteiger partial charge in [-0.2, -0.15) is 0 Å². The molecule has 0 saturated carbocycles. The van der Waals surface area contributed by atoms with Crippen LogP contribution in [0.4, 0.5) is 0 Å². The van der Waals surface area contributed by atoms with Crippen molar-refractivity contribution in [2.75, 3.05) is 19.8 Å². The molecule has 3 nitrogen and oxygen atoms in total. The number of hydrogen-bond acceptors (Lipinski definition) is 2. The van der Waals surface area contributed by atoms with Crippen LogP contribution in [0.3, 0.4) is 0 Å². The zero-order valence-corrected chi connectivity index (χ0v) is 6.56. The largest absolute Gasteiger partial charge is 0.381 e. The summed E-state index contributed by atoms with van der Waals surface area (Å²) in [5, 5.41) is 2.86. The second kappa shape index (κ2) is 2.48. The van der Waals surface area contributed by atoms with Crippen LogP contribution in [0.15, 0.2) is 0 Å². The van der Waals surface area contributed by atoms with Gasteiger partial charge in [-0.1, -0.05) is 0 Å². The van der Waals surface area contributed by atoms with Crippen molar-refractivity contribution in [1.82, 2.24) is 5.32 Å². The summed E-state index contributed by atoms with van der Waals surface area (Å²) in [6.07, 6.45) is 2.92. The third-order valence-corrected chi connectivity index (χ3v) is 2.60. The summed E-state index contributed by atoms with van der Waals surface area (Å²) in [6, 6.07) is 0. The molecule has 2 rings (SSSR count). The number of ether oxygens (including phenoxy) is 1. The van der Waals surface area contributed by atoms with E-state index in [1.54, 1.807) is 0 Å². The first-order chi connectivity index (χ1) is 5.31. The Balaban J connectivity index is 2.03. The van der Waals surface area contributed by atoms with E-state index in [4.69, 9.17) is 4.74 Å². The molecule has 0 bridgehead atoms. The Bertz CT molecular complexity index is 173. The SMILES string of the molecule is O=C1CC2(CCCOC2)CN1. The molecular weight excluding hydrogens is 142 g/mol. The lowest BCUT2D eigenvalue weighted by molar-refractivity contribution is -0.120. The number of nitrogens with one attached hydrogen (secondary N) is 1. The highest BCUT2D eigenvalue weighted by molar-refractivity contribution is 5.79. The van der Waals surface area contributed by atoms with Gasteiger partial charge in [0.1, 0.15) is 0 Å². The van der Waals surface area contributed by atoms with Gasteiger partial charge in [-0.05, 0) is 12.8 Å². The summed E-state index contributed by atoms with van der Waals surface area (Å²) in [5.74, 6) is 0.190. The van der Waals surface area contributed by atoms with Gasteiger partial charge >= 0.3 is 0 Å². The molecule has 0 radical (unpaired) electrons. The van der Waals surface area contributed by atoms with Crippen molar-refractivity contribution < 1.29 is 9.53 Å². The minimum atomic E-state index is 0.162. The summed E-state index contributed by atoms with van der Waals surface area (Å²) < 4.78 is 5.36. The fourth-order valence-electron chi connectivity index (χ4n) is 1.94. The van der Waals surface area contributed by atoms with E-state index in [-0.39, 0.29) is 11.3 Å². The minimum absolute atomic E-state index is 0.162. The molecule has 1 atom stereocenters. The smallest absolute Gasteiger partial charge is 0.220 e. The summed E-state index contributed by atoms with van der Waals surface area (Å²) in [6.45, 7) is 2.47. The van der Waals surface area contributed by atoms with Crippen LogP contribution in [0, 0.1) is 5.41 Å². The first kappa shape index (κ1) is 7.10. The fourth-order valence-corrected chi connectivity index (χ4v) is 1.94. The first-order valence-electron chi connectivity index (χ1n) is 4.15. The summed E-state index contributed by atoms with van der Waals surface area (Å²) in [7, 11) is 0. The Morgan fingerprint density at radius 3 is 3.00 bits per heavy atom. The van der Waals surface area contributed by atoms with Crippen molar-refractivity contribution in [2.24, 2.45) is 5.41 Å². The number of carbonyl (C=O) groups is 1. The third-order valence-electron chi connectivity index (χ3n) is 2.60. The van der Waals surface area contributed by atoms with E-state index in [2.05, 4.69) is 5.32 Å². The molecule has 1 amide bonds. The van der Waals surface area contributed by atoms with Gasteiger partial charge in [0.25, 0.3) is 0 Å². The molecule has 2 fully saturated rings. The Kier molecular flexibility index (Phi) is 1.60. The maximum atomic E-state index is 10.9. The van der Waals surface area contributed by atoms with Gasteiger partial charge in [0.05, 0.1) is 6.61 Å². The summed E-state index contributed by atoms with van der Waals surface area (Å²) >= 11 is 0. The van der Waals surface area contributed by atoms with Gasteiger partial charge < -0.3 is 10.1 Å². The maximum Gasteiger partial charge on any atom is 0.220 e. The van der Waals surface area contributed by atoms with Crippen LogP contribution in [0.5, 0.6) is 0 Å². The highest BCUT2D eigenvalue weighted by Gasteiger charge is 2.39. The number of carbonyl (C=O) groups excluding carboxylic acids is 1. The van der Waals surface area contributed by atoms with Crippen LogP contribution in [0.1, 0.15) is 19.3 Å². The van der Waals surface area contributed by atoms with E-state index in [0.29, 0.717) is 6.42 Å². The molecule has 2 saturated heterocycles. The van der Waals surface area contributed by atoms with E-state index in [0.717, 1.165) is 32.6 Å². The Labute approximate surface area is 66.1 Å². The topological polar surface area (TPSA) is 38.3 Å². The van der Waals surface area contributed by atoms with Gasteiger partial charge in [-0.3, -0.25) is 4.79 Å². The molecule has 2 aliphatic heterocycles. The molecule has 0 aromatic heterocycles. The zero-order chi connectivity index (χ0) is 7.73. The summed E-state index contributed by atoms with van der Waals surface area (Å²) in [4.78, 5) is 10.9. The molecule has 1 unspecified atom stereocenters. The van der Waals surface area contributed by atoms with Crippen molar-refractivity contribution in [2.45, 2.75) is 19.3 Å². The molecule has 0 aromatic carbocycles. The Morgan fingerprint density at radius 1 is 1.55 bits per heavy atom. The summed E-state index contributed by atoms with van der Waals surface area (Å²) in [5.41, 5.74) is 0.162. The quantitative estimate of drug-likeness (QED) is 0.546. The van der Waals surface area contributed by atoms with Crippen molar-refractivity contribution >= 4 is 5.91 Å². The zero-order valence-electron chi connectivity index (χ0n) is 6.56. The van der Waals surface area contributed by atoms with Crippen molar-refractivity contribution in [3.63, 3.8) is 0 Å². The Hall–Kier alpha value is -0.570. The molecule has 2 heterocycles. The van der Waals surface area contributed by atoms with Crippen LogP contribution < -0.4 is 5.32 Å². The number of hydrogen-bond donors (Lipinski definition) is 1. The van der Waals surface area contributed by atoms with Crippen molar-refractivity contribution in [1.29, 1.82) is 0 Å². The second-order valence-electron chi connectivity index (χ2n) is 3.61. The monoisotopic (exact) mass is 155 g/mol. The Morgan fingerprint density at radius 2 is 2.45 bits per heavy atom. The van der Waals surface area contributed by atoms with Gasteiger partial charge in [-0.25, -0.2) is 0 Å². The predicted molar refractivity (Wildman–Crippen MR) is 40.1 cm³/mol. The standard InChI is InChI=1S/C8H13NO2/c10-7-4-8(5-9-7)2-1-3-11-6-8/h1-6H2,(H,9,10). The lowest BCUT2D eigenvalue weighted by Gasteiger charge is -2.30. The number of amides is 1. The highest BCUT2D eigenvalue weighted by Crippen LogP contribution is 2.34. The normalized spacial score (nSPS) is 37.6. The van der Waals surface area contributed by atoms with Gasteiger partial charge in [0, 0.05) is 25.0 Å². The van der Waals surface area contributed by atoms with Crippen molar-refractivity contribution in [3.8, 4) is 0 Å². The van der Waals surface area contributed by atoms with E-state index in [9.17, 15) is 4.79 Å². The molecule has 1 spiro atoms. The van der Waals surface area contributed by atoms with Crippen LogP contribution in [0.2, 0.25) is 0 Å². The van der Waals surface area contributed by atoms with Gasteiger partial charge in [0.15, 0.2) is 0 Å². The molecule has 11 heavy (non-hydrogen) atoms. The molecule has 2 aliphatic rings. The van der Waals surface area contributed by atoms with Crippen LogP contribution in [-0.4, -0.2) is 25.7 Å². The van der Waals surface area contributed by atoms with E-state index in [1.807, 2.05) is 0 Å². The predicted octanol–water partition coefficient (Wildman–Crippen LogP) is 0.303. The van der Waals surface area contributed by atoms with Crippen molar-refractivity contribution in [3.05, 3.63) is 0 Å². The lowest BCUT2D eigenvalue weighted by atomic mass is 9.82. The average molecular weight is 155 g/mol. The molecule has 1 N–H and O–H groups in total. The molecule has 62 valence electrons. The molecule has 3 heteroatoms. The number of rotatable bonds is 0. The van der Waals surface area contributed by atoms with E-state index in [1.165, 1.54) is 0 Å². The van der Waals surface area contributed by atoms with Gasteiger partial charge in [0.2, 0.25) is 5.91 Å². The lowest BCUT2D eigenvalue weighted by Crippen LogP contribution is -2.33. The molecule has 0 aliphatic carbocycles. The highest BCUT2D eigenvalue weighted by atomic mass is 16.5. The fraction of sp³-hybridized carbons (Fsp3) is 0.875. The van der Waals surface area contributed by atoms with E-state index >= 15 is 0 Å².